The first-order valence-electron chi connectivity index (χ1n) is 8.33. The highest BCUT2D eigenvalue weighted by molar-refractivity contribution is 7.91. The van der Waals surface area contributed by atoms with Crippen molar-refractivity contribution in [1.82, 2.24) is 10.6 Å². The minimum atomic E-state index is -3.61. The summed E-state index contributed by atoms with van der Waals surface area (Å²) in [6, 6.07) is 5.31. The number of ether oxygens (including phenoxy) is 1. The first-order chi connectivity index (χ1) is 11.8. The maximum atomic E-state index is 12.4. The highest BCUT2D eigenvalue weighted by atomic mass is 32.2. The molecule has 8 heteroatoms. The van der Waals surface area contributed by atoms with Gasteiger partial charge in [0.15, 0.2) is 9.84 Å². The van der Waals surface area contributed by atoms with Crippen LogP contribution in [-0.2, 0) is 24.2 Å². The molecule has 138 valence electrons. The van der Waals surface area contributed by atoms with Crippen LogP contribution in [0.15, 0.2) is 29.2 Å². The molecule has 1 heterocycles. The predicted molar refractivity (Wildman–Crippen MR) is 92.6 cm³/mol. The second-order valence-electron chi connectivity index (χ2n) is 6.13. The van der Waals surface area contributed by atoms with Crippen LogP contribution in [0.2, 0.25) is 0 Å². The second kappa shape index (κ2) is 8.44. The Morgan fingerprint density at radius 1 is 1.32 bits per heavy atom. The third-order valence-corrected chi connectivity index (χ3v) is 5.56. The molecule has 1 unspecified atom stereocenters. The van der Waals surface area contributed by atoms with E-state index in [-0.39, 0.29) is 10.9 Å². The number of hydrogen-bond acceptors (Lipinski definition) is 6. The van der Waals surface area contributed by atoms with E-state index < -0.39 is 33.7 Å². The molecular formula is C17H24N2O5S. The zero-order valence-electron chi connectivity index (χ0n) is 14.4. The van der Waals surface area contributed by atoms with E-state index in [1.54, 1.807) is 12.1 Å². The van der Waals surface area contributed by atoms with Gasteiger partial charge in [-0.25, -0.2) is 8.42 Å². The fourth-order valence-corrected chi connectivity index (χ4v) is 3.64. The summed E-state index contributed by atoms with van der Waals surface area (Å²) in [5.41, 5.74) is 0.957. The summed E-state index contributed by atoms with van der Waals surface area (Å²) in [6.07, 6.45) is 1.73. The van der Waals surface area contributed by atoms with Gasteiger partial charge in [0.05, 0.1) is 17.5 Å². The number of benzene rings is 1. The smallest absolute Gasteiger partial charge is 0.323 e. The standard InChI is InChI=1S/C17H24N2O5S/c1-3-4-14(19-15-9-10-24-17(15)21)16(20)18-11-25(22,23)13-7-5-12(2)6-8-13/h5-8,14-15,19H,3-4,9-11H2,1-2H3,(H,18,20)/t14?,15-/m0/s1. The number of rotatable bonds is 8. The third-order valence-electron chi connectivity index (χ3n) is 4.05. The molecule has 0 saturated carbocycles. The van der Waals surface area contributed by atoms with Crippen LogP contribution in [0.1, 0.15) is 31.7 Å². The van der Waals surface area contributed by atoms with E-state index in [0.29, 0.717) is 19.4 Å². The molecule has 1 aromatic rings. The van der Waals surface area contributed by atoms with E-state index in [1.165, 1.54) is 12.1 Å². The number of carbonyl (C=O) groups excluding carboxylic acids is 2. The van der Waals surface area contributed by atoms with E-state index in [2.05, 4.69) is 10.6 Å². The molecule has 1 fully saturated rings. The number of hydrogen-bond donors (Lipinski definition) is 2. The third kappa shape index (κ3) is 5.27. The quantitative estimate of drug-likeness (QED) is 0.662. The van der Waals surface area contributed by atoms with E-state index in [1.807, 2.05) is 13.8 Å². The zero-order valence-corrected chi connectivity index (χ0v) is 15.3. The van der Waals surface area contributed by atoms with Crippen molar-refractivity contribution in [3.8, 4) is 0 Å². The molecule has 0 bridgehead atoms. The van der Waals surface area contributed by atoms with Crippen LogP contribution in [0, 0.1) is 6.92 Å². The van der Waals surface area contributed by atoms with Gasteiger partial charge in [0, 0.05) is 6.42 Å². The number of nitrogens with one attached hydrogen (secondary N) is 2. The summed E-state index contributed by atoms with van der Waals surface area (Å²) in [7, 11) is -3.61. The molecule has 1 aliphatic rings. The molecule has 1 aromatic carbocycles. The number of carbonyl (C=O) groups is 2. The molecule has 0 aromatic heterocycles. The van der Waals surface area contributed by atoms with Gasteiger partial charge in [0.25, 0.3) is 0 Å². The summed E-state index contributed by atoms with van der Waals surface area (Å²) in [6.45, 7) is 4.12. The molecular weight excluding hydrogens is 344 g/mol. The van der Waals surface area contributed by atoms with Gasteiger partial charge in [-0.05, 0) is 25.5 Å². The van der Waals surface area contributed by atoms with Crippen molar-refractivity contribution in [2.45, 2.75) is 50.1 Å². The lowest BCUT2D eigenvalue weighted by molar-refractivity contribution is -0.140. The molecule has 1 amide bonds. The van der Waals surface area contributed by atoms with Crippen molar-refractivity contribution in [2.24, 2.45) is 0 Å². The summed E-state index contributed by atoms with van der Waals surface area (Å²) < 4.78 is 29.5. The van der Waals surface area contributed by atoms with Crippen molar-refractivity contribution in [3.05, 3.63) is 29.8 Å². The minimum Gasteiger partial charge on any atom is -0.464 e. The van der Waals surface area contributed by atoms with Gasteiger partial charge in [-0.15, -0.1) is 0 Å². The Morgan fingerprint density at radius 2 is 2.00 bits per heavy atom. The Labute approximate surface area is 148 Å². The van der Waals surface area contributed by atoms with Crippen LogP contribution in [0.5, 0.6) is 0 Å². The molecule has 25 heavy (non-hydrogen) atoms. The average Bonchev–Trinajstić information content (AvgIpc) is 2.98. The Bertz CT molecular complexity index is 715. The van der Waals surface area contributed by atoms with Gasteiger partial charge in [0.2, 0.25) is 5.91 Å². The SMILES string of the molecule is CCCC(N[C@H]1CCOC1=O)C(=O)NCS(=O)(=O)c1ccc(C)cc1. The normalized spacial score (nSPS) is 18.6. The number of sulfone groups is 1. The largest absolute Gasteiger partial charge is 0.464 e. The highest BCUT2D eigenvalue weighted by Crippen LogP contribution is 2.12. The number of amides is 1. The van der Waals surface area contributed by atoms with E-state index in [4.69, 9.17) is 4.74 Å². The minimum absolute atomic E-state index is 0.165. The van der Waals surface area contributed by atoms with Gasteiger partial charge >= 0.3 is 5.97 Å². The summed E-state index contributed by atoms with van der Waals surface area (Å²) >= 11 is 0. The lowest BCUT2D eigenvalue weighted by Crippen LogP contribution is -2.50. The molecule has 1 saturated heterocycles. The van der Waals surface area contributed by atoms with Crippen molar-refractivity contribution >= 4 is 21.7 Å². The topological polar surface area (TPSA) is 102 Å². The molecule has 0 aliphatic carbocycles. The summed E-state index contributed by atoms with van der Waals surface area (Å²) in [5.74, 6) is -1.29. The first kappa shape index (κ1) is 19.4. The van der Waals surface area contributed by atoms with E-state index in [9.17, 15) is 18.0 Å². The number of esters is 1. The lowest BCUT2D eigenvalue weighted by atomic mass is 10.1. The zero-order chi connectivity index (χ0) is 18.4. The Hall–Kier alpha value is -1.93. The van der Waals surface area contributed by atoms with E-state index in [0.717, 1.165) is 12.0 Å². The lowest BCUT2D eigenvalue weighted by Gasteiger charge is -2.20. The maximum absolute atomic E-state index is 12.4. The van der Waals surface area contributed by atoms with Gasteiger partial charge in [-0.1, -0.05) is 31.0 Å². The Kier molecular flexibility index (Phi) is 6.55. The fourth-order valence-electron chi connectivity index (χ4n) is 2.59. The van der Waals surface area contributed by atoms with Crippen LogP contribution < -0.4 is 10.6 Å². The number of cyclic esters (lactones) is 1. The monoisotopic (exact) mass is 368 g/mol. The Morgan fingerprint density at radius 3 is 2.56 bits per heavy atom. The molecule has 0 spiro atoms. The van der Waals surface area contributed by atoms with Crippen molar-refractivity contribution in [3.63, 3.8) is 0 Å². The van der Waals surface area contributed by atoms with Crippen molar-refractivity contribution in [1.29, 1.82) is 0 Å². The van der Waals surface area contributed by atoms with Crippen LogP contribution >= 0.6 is 0 Å². The van der Waals surface area contributed by atoms with E-state index >= 15 is 0 Å². The molecule has 2 rings (SSSR count). The summed E-state index contributed by atoms with van der Waals surface area (Å²) in [4.78, 5) is 24.1. The van der Waals surface area contributed by atoms with Crippen LogP contribution in [-0.4, -0.2) is 44.9 Å². The van der Waals surface area contributed by atoms with Crippen LogP contribution in [0.4, 0.5) is 0 Å². The van der Waals surface area contributed by atoms with Crippen molar-refractivity contribution in [2.75, 3.05) is 12.5 Å². The van der Waals surface area contributed by atoms with Crippen LogP contribution in [0.25, 0.3) is 0 Å². The second-order valence-corrected chi connectivity index (χ2v) is 8.12. The van der Waals surface area contributed by atoms with Gasteiger partial charge in [-0.3, -0.25) is 14.9 Å². The molecule has 2 N–H and O–H groups in total. The molecule has 2 atom stereocenters. The first-order valence-corrected chi connectivity index (χ1v) is 9.98. The molecule has 1 aliphatic heterocycles. The van der Waals surface area contributed by atoms with Crippen LogP contribution in [0.3, 0.4) is 0 Å². The van der Waals surface area contributed by atoms with Crippen molar-refractivity contribution < 1.29 is 22.7 Å². The van der Waals surface area contributed by atoms with Gasteiger partial charge in [-0.2, -0.15) is 0 Å². The Balaban J connectivity index is 1.97. The average molecular weight is 368 g/mol. The highest BCUT2D eigenvalue weighted by Gasteiger charge is 2.31. The summed E-state index contributed by atoms with van der Waals surface area (Å²) in [5, 5.41) is 5.44. The maximum Gasteiger partial charge on any atom is 0.323 e. The molecule has 7 nitrogen and oxygen atoms in total. The van der Waals surface area contributed by atoms with Gasteiger partial charge < -0.3 is 10.1 Å². The predicted octanol–water partition coefficient (Wildman–Crippen LogP) is 0.916. The number of aryl methyl sites for hydroxylation is 1. The van der Waals surface area contributed by atoms with Gasteiger partial charge in [0.1, 0.15) is 11.9 Å². The fraction of sp³-hybridized carbons (Fsp3) is 0.529. The molecule has 0 radical (unpaired) electrons.